The highest BCUT2D eigenvalue weighted by molar-refractivity contribution is 5.86. The number of aromatic nitrogens is 4. The molecule has 0 aliphatic carbocycles. The van der Waals surface area contributed by atoms with Crippen molar-refractivity contribution in [3.8, 4) is 0 Å². The molecule has 2 rings (SSSR count). The minimum absolute atomic E-state index is 0.0104. The summed E-state index contributed by atoms with van der Waals surface area (Å²) in [7, 11) is 0. The van der Waals surface area contributed by atoms with Gasteiger partial charge >= 0.3 is 5.97 Å². The van der Waals surface area contributed by atoms with Crippen LogP contribution in [0.3, 0.4) is 0 Å². The highest BCUT2D eigenvalue weighted by Crippen LogP contribution is 2.10. The normalized spacial score (nSPS) is 10.7. The van der Waals surface area contributed by atoms with Crippen LogP contribution in [0, 0.1) is 6.92 Å². The summed E-state index contributed by atoms with van der Waals surface area (Å²) < 4.78 is 6.57. The van der Waals surface area contributed by atoms with Crippen molar-refractivity contribution < 1.29 is 14.4 Å². The van der Waals surface area contributed by atoms with E-state index in [9.17, 15) is 4.79 Å². The van der Waals surface area contributed by atoms with Crippen molar-refractivity contribution in [2.45, 2.75) is 26.8 Å². The molecule has 0 bridgehead atoms. The predicted octanol–water partition coefficient (Wildman–Crippen LogP) is 0.883. The molecule has 0 aliphatic rings. The van der Waals surface area contributed by atoms with Gasteiger partial charge in [0.05, 0.1) is 11.4 Å². The van der Waals surface area contributed by atoms with Crippen molar-refractivity contribution in [1.29, 1.82) is 0 Å². The van der Waals surface area contributed by atoms with Gasteiger partial charge in [-0.15, -0.1) is 5.10 Å². The number of aryl methyl sites for hydroxylation is 1. The first-order valence-corrected chi connectivity index (χ1v) is 5.19. The summed E-state index contributed by atoms with van der Waals surface area (Å²) in [6.07, 6.45) is 0.543. The molecule has 1 N–H and O–H groups in total. The maximum Gasteiger partial charge on any atom is 0.358 e. The quantitative estimate of drug-likeness (QED) is 0.846. The Morgan fingerprint density at radius 2 is 2.35 bits per heavy atom. The molecule has 0 aliphatic heterocycles. The van der Waals surface area contributed by atoms with Crippen LogP contribution in [0.2, 0.25) is 0 Å². The maximum absolute atomic E-state index is 10.9. The van der Waals surface area contributed by atoms with E-state index >= 15 is 0 Å². The Morgan fingerprint density at radius 1 is 1.59 bits per heavy atom. The molecule has 7 heteroatoms. The number of carboxylic acid groups (broad SMARTS) is 1. The van der Waals surface area contributed by atoms with Crippen molar-refractivity contribution in [1.82, 2.24) is 20.2 Å². The highest BCUT2D eigenvalue weighted by Gasteiger charge is 2.18. The van der Waals surface area contributed by atoms with E-state index in [0.29, 0.717) is 24.4 Å². The molecular weight excluding hydrogens is 224 g/mol. The van der Waals surface area contributed by atoms with Gasteiger partial charge in [-0.25, -0.2) is 9.48 Å². The molecule has 2 aromatic rings. The molecule has 2 heterocycles. The van der Waals surface area contributed by atoms with Gasteiger partial charge in [0.2, 0.25) is 0 Å². The first-order chi connectivity index (χ1) is 8.11. The number of carbonyl (C=O) groups is 1. The lowest BCUT2D eigenvalue weighted by atomic mass is 10.2. The molecule has 0 radical (unpaired) electrons. The van der Waals surface area contributed by atoms with Crippen LogP contribution in [0.5, 0.6) is 0 Å². The molecule has 0 saturated heterocycles. The first-order valence-electron chi connectivity index (χ1n) is 5.19. The monoisotopic (exact) mass is 236 g/mol. The molecule has 17 heavy (non-hydrogen) atoms. The number of nitrogens with zero attached hydrogens (tertiary/aromatic N) is 4. The summed E-state index contributed by atoms with van der Waals surface area (Å²) in [4.78, 5) is 10.9. The van der Waals surface area contributed by atoms with E-state index in [4.69, 9.17) is 9.63 Å². The molecule has 0 unspecified atom stereocenters. The van der Waals surface area contributed by atoms with E-state index in [-0.39, 0.29) is 5.69 Å². The largest absolute Gasteiger partial charge is 0.476 e. The zero-order valence-electron chi connectivity index (χ0n) is 9.54. The lowest BCUT2D eigenvalue weighted by molar-refractivity contribution is 0.0689. The van der Waals surface area contributed by atoms with Gasteiger partial charge in [-0.3, -0.25) is 0 Å². The van der Waals surface area contributed by atoms with E-state index in [0.717, 1.165) is 5.69 Å². The third-order valence-corrected chi connectivity index (χ3v) is 2.36. The van der Waals surface area contributed by atoms with Crippen LogP contribution in [0.4, 0.5) is 0 Å². The summed E-state index contributed by atoms with van der Waals surface area (Å²) in [5, 5.41) is 20.1. The second-order valence-corrected chi connectivity index (χ2v) is 3.64. The standard InChI is InChI=1S/C10H12N4O3/c1-3-8-9(10(15)16)11-13-14(8)5-7-4-6(2)12-17-7/h4H,3,5H2,1-2H3,(H,15,16). The Labute approximate surface area is 97.0 Å². The third kappa shape index (κ3) is 2.17. The molecule has 2 aromatic heterocycles. The van der Waals surface area contributed by atoms with Gasteiger partial charge in [0.15, 0.2) is 11.5 Å². The van der Waals surface area contributed by atoms with Crippen molar-refractivity contribution >= 4 is 5.97 Å². The molecule has 90 valence electrons. The molecule has 0 aromatic carbocycles. The summed E-state index contributed by atoms with van der Waals surface area (Å²) in [6.45, 7) is 4.01. The van der Waals surface area contributed by atoms with Crippen molar-refractivity contribution in [3.63, 3.8) is 0 Å². The first kappa shape index (κ1) is 11.3. The van der Waals surface area contributed by atoms with Crippen LogP contribution in [0.1, 0.15) is 34.6 Å². The minimum Gasteiger partial charge on any atom is -0.476 e. The van der Waals surface area contributed by atoms with Gasteiger partial charge in [0.1, 0.15) is 6.54 Å². The Balaban J connectivity index is 2.30. The average molecular weight is 236 g/mol. The molecular formula is C10H12N4O3. The SMILES string of the molecule is CCc1c(C(=O)O)nnn1Cc1cc(C)no1. The molecule has 0 saturated carbocycles. The fourth-order valence-electron chi connectivity index (χ4n) is 1.61. The number of hydrogen-bond donors (Lipinski definition) is 1. The van der Waals surface area contributed by atoms with Gasteiger partial charge < -0.3 is 9.63 Å². The molecule has 0 amide bonds. The summed E-state index contributed by atoms with van der Waals surface area (Å²) in [5.74, 6) is -0.444. The fourth-order valence-corrected chi connectivity index (χ4v) is 1.61. The molecule has 7 nitrogen and oxygen atoms in total. The Hall–Kier alpha value is -2.18. The Kier molecular flexibility index (Phi) is 2.90. The van der Waals surface area contributed by atoms with E-state index in [2.05, 4.69) is 15.5 Å². The van der Waals surface area contributed by atoms with Gasteiger partial charge in [-0.2, -0.15) is 0 Å². The number of rotatable bonds is 4. The summed E-state index contributed by atoms with van der Waals surface area (Å²) in [5.41, 5.74) is 1.34. The number of carboxylic acids is 1. The van der Waals surface area contributed by atoms with Crippen molar-refractivity contribution in [2.24, 2.45) is 0 Å². The Bertz CT molecular complexity index is 543. The van der Waals surface area contributed by atoms with Crippen LogP contribution >= 0.6 is 0 Å². The van der Waals surface area contributed by atoms with Gasteiger partial charge in [-0.1, -0.05) is 17.3 Å². The molecule has 0 atom stereocenters. The number of aromatic carboxylic acids is 1. The van der Waals surface area contributed by atoms with E-state index in [1.807, 2.05) is 13.8 Å². The zero-order valence-corrected chi connectivity index (χ0v) is 9.54. The summed E-state index contributed by atoms with van der Waals surface area (Å²) >= 11 is 0. The predicted molar refractivity (Wildman–Crippen MR) is 56.7 cm³/mol. The second kappa shape index (κ2) is 4.36. The minimum atomic E-state index is -1.07. The topological polar surface area (TPSA) is 94.0 Å². The molecule has 0 spiro atoms. The van der Waals surface area contributed by atoms with Crippen LogP contribution in [-0.4, -0.2) is 31.2 Å². The lowest BCUT2D eigenvalue weighted by Gasteiger charge is -2.01. The molecule has 0 fully saturated rings. The fraction of sp³-hybridized carbons (Fsp3) is 0.400. The van der Waals surface area contributed by atoms with Crippen LogP contribution in [-0.2, 0) is 13.0 Å². The van der Waals surface area contributed by atoms with Crippen molar-refractivity contribution in [3.05, 3.63) is 28.9 Å². The van der Waals surface area contributed by atoms with Gasteiger partial charge in [-0.05, 0) is 13.3 Å². The second-order valence-electron chi connectivity index (χ2n) is 3.64. The van der Waals surface area contributed by atoms with Crippen LogP contribution in [0.25, 0.3) is 0 Å². The smallest absolute Gasteiger partial charge is 0.358 e. The number of hydrogen-bond acceptors (Lipinski definition) is 5. The van der Waals surface area contributed by atoms with Gasteiger partial charge in [0.25, 0.3) is 0 Å². The lowest BCUT2D eigenvalue weighted by Crippen LogP contribution is -2.08. The summed E-state index contributed by atoms with van der Waals surface area (Å²) in [6, 6.07) is 1.78. The van der Waals surface area contributed by atoms with Crippen LogP contribution in [0.15, 0.2) is 10.6 Å². The van der Waals surface area contributed by atoms with E-state index in [1.54, 1.807) is 6.07 Å². The maximum atomic E-state index is 10.9. The van der Waals surface area contributed by atoms with E-state index in [1.165, 1.54) is 4.68 Å². The average Bonchev–Trinajstić information content (AvgIpc) is 2.85. The Morgan fingerprint density at radius 3 is 2.88 bits per heavy atom. The van der Waals surface area contributed by atoms with Crippen molar-refractivity contribution in [2.75, 3.05) is 0 Å². The van der Waals surface area contributed by atoms with Crippen LogP contribution < -0.4 is 0 Å². The highest BCUT2D eigenvalue weighted by atomic mass is 16.5. The van der Waals surface area contributed by atoms with Gasteiger partial charge in [0, 0.05) is 6.07 Å². The zero-order chi connectivity index (χ0) is 12.4. The van der Waals surface area contributed by atoms with E-state index < -0.39 is 5.97 Å². The third-order valence-electron chi connectivity index (χ3n) is 2.36.